The van der Waals surface area contributed by atoms with Crippen molar-refractivity contribution in [2.75, 3.05) is 19.6 Å². The van der Waals surface area contributed by atoms with E-state index in [1.54, 1.807) is 0 Å². The van der Waals surface area contributed by atoms with Crippen molar-refractivity contribution in [1.29, 1.82) is 0 Å². The first-order valence-electron chi connectivity index (χ1n) is 7.35. The maximum Gasteiger partial charge on any atom is 0.307 e. The van der Waals surface area contributed by atoms with Crippen LogP contribution >= 0.6 is 0 Å². The minimum Gasteiger partial charge on any atom is -0.460 e. The summed E-state index contributed by atoms with van der Waals surface area (Å²) in [7, 11) is 0. The van der Waals surface area contributed by atoms with Gasteiger partial charge in [0, 0.05) is 6.54 Å². The Hall–Kier alpha value is -0.570. The fourth-order valence-corrected chi connectivity index (χ4v) is 2.50. The van der Waals surface area contributed by atoms with Gasteiger partial charge in [-0.2, -0.15) is 0 Å². The molecule has 1 fully saturated rings. The largest absolute Gasteiger partial charge is 0.460 e. The Labute approximate surface area is 112 Å². The average Bonchev–Trinajstić information content (AvgIpc) is 2.49. The third-order valence-corrected chi connectivity index (χ3v) is 3.57. The maximum atomic E-state index is 11.7. The number of rotatable bonds is 4. The van der Waals surface area contributed by atoms with Gasteiger partial charge in [0.25, 0.3) is 0 Å². The molecule has 1 aliphatic rings. The van der Waals surface area contributed by atoms with Crippen molar-refractivity contribution in [3.8, 4) is 0 Å². The summed E-state index contributed by atoms with van der Waals surface area (Å²) in [5.41, 5.74) is -0.358. The van der Waals surface area contributed by atoms with E-state index >= 15 is 0 Å². The number of nitrogens with zero attached hydrogens (tertiary/aromatic N) is 1. The maximum absolute atomic E-state index is 11.7. The lowest BCUT2D eigenvalue weighted by Gasteiger charge is -2.22. The molecule has 0 aromatic carbocycles. The van der Waals surface area contributed by atoms with Crippen molar-refractivity contribution in [3.63, 3.8) is 0 Å². The van der Waals surface area contributed by atoms with Crippen LogP contribution in [0.1, 0.15) is 59.8 Å². The number of esters is 1. The molecule has 18 heavy (non-hydrogen) atoms. The zero-order valence-electron chi connectivity index (χ0n) is 12.5. The van der Waals surface area contributed by atoms with Gasteiger partial charge in [-0.15, -0.1) is 0 Å². The highest BCUT2D eigenvalue weighted by molar-refractivity contribution is 5.70. The first kappa shape index (κ1) is 15.5. The van der Waals surface area contributed by atoms with Crippen molar-refractivity contribution >= 4 is 5.97 Å². The number of hydrogen-bond donors (Lipinski definition) is 0. The highest BCUT2D eigenvalue weighted by Gasteiger charge is 2.19. The lowest BCUT2D eigenvalue weighted by Crippen LogP contribution is -2.30. The van der Waals surface area contributed by atoms with Gasteiger partial charge < -0.3 is 9.64 Å². The summed E-state index contributed by atoms with van der Waals surface area (Å²) in [4.78, 5) is 14.1. The molecular formula is C15H29NO2. The van der Waals surface area contributed by atoms with Gasteiger partial charge in [0.1, 0.15) is 5.60 Å². The van der Waals surface area contributed by atoms with E-state index in [9.17, 15) is 4.79 Å². The second kappa shape index (κ2) is 7.13. The Morgan fingerprint density at radius 2 is 2.00 bits per heavy atom. The van der Waals surface area contributed by atoms with Gasteiger partial charge in [-0.25, -0.2) is 0 Å². The van der Waals surface area contributed by atoms with Crippen LogP contribution in [0.4, 0.5) is 0 Å². The summed E-state index contributed by atoms with van der Waals surface area (Å²) in [5.74, 6) is 0.815. The van der Waals surface area contributed by atoms with E-state index in [0.29, 0.717) is 6.42 Å². The minimum absolute atomic E-state index is 0.0706. The molecule has 106 valence electrons. The zero-order chi connectivity index (χ0) is 13.6. The third kappa shape index (κ3) is 6.39. The molecule has 3 nitrogen and oxygen atoms in total. The molecule has 0 radical (unpaired) electrons. The summed E-state index contributed by atoms with van der Waals surface area (Å²) in [5, 5.41) is 0. The summed E-state index contributed by atoms with van der Waals surface area (Å²) < 4.78 is 5.34. The molecular weight excluding hydrogens is 226 g/mol. The van der Waals surface area contributed by atoms with Crippen LogP contribution in [-0.4, -0.2) is 36.1 Å². The highest BCUT2D eigenvalue weighted by Crippen LogP contribution is 2.20. The minimum atomic E-state index is -0.358. The highest BCUT2D eigenvalue weighted by atomic mass is 16.6. The standard InChI is InChI=1S/C15H29NO2/c1-5-13-7-6-10-16(11-8-13)12-9-14(17)18-15(2,3)4/h13H,5-12H2,1-4H3. The number of carbonyl (C=O) groups is 1. The van der Waals surface area contributed by atoms with Gasteiger partial charge in [-0.1, -0.05) is 13.3 Å². The molecule has 1 aliphatic heterocycles. The summed E-state index contributed by atoms with van der Waals surface area (Å²) >= 11 is 0. The number of hydrogen-bond acceptors (Lipinski definition) is 3. The molecule has 0 N–H and O–H groups in total. The van der Waals surface area contributed by atoms with Crippen LogP contribution in [0.5, 0.6) is 0 Å². The first-order valence-corrected chi connectivity index (χ1v) is 7.35. The van der Waals surface area contributed by atoms with E-state index in [1.807, 2.05) is 20.8 Å². The Kier molecular flexibility index (Phi) is 6.13. The fourth-order valence-electron chi connectivity index (χ4n) is 2.50. The molecule has 0 aromatic heterocycles. The van der Waals surface area contributed by atoms with Crippen LogP contribution in [0.3, 0.4) is 0 Å². The molecule has 0 spiro atoms. The lowest BCUT2D eigenvalue weighted by atomic mass is 9.98. The summed E-state index contributed by atoms with van der Waals surface area (Å²) in [6.45, 7) is 11.2. The smallest absolute Gasteiger partial charge is 0.307 e. The molecule has 0 aliphatic carbocycles. The Bertz CT molecular complexity index is 258. The van der Waals surface area contributed by atoms with Gasteiger partial charge >= 0.3 is 5.97 Å². The van der Waals surface area contributed by atoms with Crippen LogP contribution in [0.25, 0.3) is 0 Å². The van der Waals surface area contributed by atoms with E-state index in [4.69, 9.17) is 4.74 Å². The van der Waals surface area contributed by atoms with E-state index in [-0.39, 0.29) is 11.6 Å². The van der Waals surface area contributed by atoms with Crippen LogP contribution in [0.2, 0.25) is 0 Å². The van der Waals surface area contributed by atoms with Crippen LogP contribution in [-0.2, 0) is 9.53 Å². The second-order valence-corrected chi connectivity index (χ2v) is 6.38. The zero-order valence-corrected chi connectivity index (χ0v) is 12.5. The second-order valence-electron chi connectivity index (χ2n) is 6.38. The topological polar surface area (TPSA) is 29.5 Å². The molecule has 0 amide bonds. The van der Waals surface area contributed by atoms with Crippen LogP contribution in [0.15, 0.2) is 0 Å². The average molecular weight is 255 g/mol. The normalized spacial score (nSPS) is 22.6. The van der Waals surface area contributed by atoms with Crippen molar-refractivity contribution in [2.45, 2.75) is 65.4 Å². The van der Waals surface area contributed by atoms with Crippen LogP contribution in [0, 0.1) is 5.92 Å². The predicted octanol–water partition coefficient (Wildman–Crippen LogP) is 3.23. The van der Waals surface area contributed by atoms with E-state index in [2.05, 4.69) is 11.8 Å². The van der Waals surface area contributed by atoms with Crippen molar-refractivity contribution in [3.05, 3.63) is 0 Å². The number of likely N-dealkylation sites (tertiary alicyclic amines) is 1. The molecule has 1 saturated heterocycles. The molecule has 0 bridgehead atoms. The van der Waals surface area contributed by atoms with E-state index < -0.39 is 0 Å². The Balaban J connectivity index is 2.25. The quantitative estimate of drug-likeness (QED) is 0.722. The SMILES string of the molecule is CCC1CCCN(CCC(=O)OC(C)(C)C)CC1. The summed E-state index contributed by atoms with van der Waals surface area (Å²) in [6.07, 6.45) is 5.71. The third-order valence-electron chi connectivity index (χ3n) is 3.57. The summed E-state index contributed by atoms with van der Waals surface area (Å²) in [6, 6.07) is 0. The van der Waals surface area contributed by atoms with E-state index in [0.717, 1.165) is 25.6 Å². The predicted molar refractivity (Wildman–Crippen MR) is 74.5 cm³/mol. The molecule has 0 aromatic rings. The Morgan fingerprint density at radius 1 is 1.28 bits per heavy atom. The molecule has 1 atom stereocenters. The number of ether oxygens (including phenoxy) is 1. The van der Waals surface area contributed by atoms with Crippen LogP contribution < -0.4 is 0 Å². The van der Waals surface area contributed by atoms with Gasteiger partial charge in [-0.3, -0.25) is 4.79 Å². The monoisotopic (exact) mass is 255 g/mol. The molecule has 1 unspecified atom stereocenters. The van der Waals surface area contributed by atoms with Gasteiger partial charge in [0.15, 0.2) is 0 Å². The van der Waals surface area contributed by atoms with E-state index in [1.165, 1.54) is 25.7 Å². The van der Waals surface area contributed by atoms with Crippen molar-refractivity contribution in [1.82, 2.24) is 4.90 Å². The van der Waals surface area contributed by atoms with Crippen molar-refractivity contribution in [2.24, 2.45) is 5.92 Å². The molecule has 1 rings (SSSR count). The molecule has 1 heterocycles. The Morgan fingerprint density at radius 3 is 2.61 bits per heavy atom. The van der Waals surface area contributed by atoms with Gasteiger partial charge in [0.2, 0.25) is 0 Å². The number of carbonyl (C=O) groups excluding carboxylic acids is 1. The first-order chi connectivity index (χ1) is 8.40. The molecule has 3 heteroatoms. The van der Waals surface area contributed by atoms with Gasteiger partial charge in [0.05, 0.1) is 6.42 Å². The lowest BCUT2D eigenvalue weighted by molar-refractivity contribution is -0.155. The fraction of sp³-hybridized carbons (Fsp3) is 0.933. The molecule has 0 saturated carbocycles. The van der Waals surface area contributed by atoms with Gasteiger partial charge in [-0.05, 0) is 59.0 Å². The van der Waals surface area contributed by atoms with Crippen molar-refractivity contribution < 1.29 is 9.53 Å².